The summed E-state index contributed by atoms with van der Waals surface area (Å²) in [5.74, 6) is 2.42. The minimum Gasteiger partial charge on any atom is -0.496 e. The van der Waals surface area contributed by atoms with E-state index in [4.69, 9.17) is 4.74 Å². The van der Waals surface area contributed by atoms with Gasteiger partial charge in [-0.15, -0.1) is 0 Å². The summed E-state index contributed by atoms with van der Waals surface area (Å²) in [4.78, 5) is 0. The minimum absolute atomic E-state index is 0.674. The Labute approximate surface area is 118 Å². The first-order valence-corrected chi connectivity index (χ1v) is 7.55. The van der Waals surface area contributed by atoms with Crippen molar-refractivity contribution in [3.05, 3.63) is 29.8 Å². The second kappa shape index (κ2) is 8.98. The molecule has 0 heterocycles. The van der Waals surface area contributed by atoms with Crippen LogP contribution in [0.15, 0.2) is 24.3 Å². The van der Waals surface area contributed by atoms with Crippen molar-refractivity contribution in [1.82, 2.24) is 5.32 Å². The Morgan fingerprint density at radius 3 is 2.58 bits per heavy atom. The molecule has 108 valence electrons. The third kappa shape index (κ3) is 5.23. The molecule has 0 radical (unpaired) electrons. The van der Waals surface area contributed by atoms with Crippen LogP contribution in [0.5, 0.6) is 5.75 Å². The zero-order valence-corrected chi connectivity index (χ0v) is 12.9. The highest BCUT2D eigenvalue weighted by molar-refractivity contribution is 5.33. The monoisotopic (exact) mass is 263 g/mol. The van der Waals surface area contributed by atoms with E-state index in [1.807, 2.05) is 6.07 Å². The predicted octanol–water partition coefficient (Wildman–Crippen LogP) is 3.90. The number of methoxy groups -OCH3 is 1. The Hall–Kier alpha value is -1.02. The van der Waals surface area contributed by atoms with Gasteiger partial charge in [0, 0.05) is 0 Å². The van der Waals surface area contributed by atoms with Gasteiger partial charge in [0.2, 0.25) is 0 Å². The first-order valence-electron chi connectivity index (χ1n) is 7.55. The van der Waals surface area contributed by atoms with E-state index in [2.05, 4.69) is 44.3 Å². The third-order valence-electron chi connectivity index (χ3n) is 3.96. The van der Waals surface area contributed by atoms with Crippen LogP contribution in [-0.2, 0) is 6.42 Å². The number of para-hydroxylation sites is 1. The topological polar surface area (TPSA) is 21.3 Å². The highest BCUT2D eigenvalue weighted by Crippen LogP contribution is 2.25. The Kier molecular flexibility index (Phi) is 7.57. The molecule has 0 fully saturated rings. The molecule has 0 aliphatic heterocycles. The molecule has 1 aromatic carbocycles. The van der Waals surface area contributed by atoms with Gasteiger partial charge in [0.05, 0.1) is 7.11 Å². The largest absolute Gasteiger partial charge is 0.496 e. The molecular weight excluding hydrogens is 234 g/mol. The molecule has 2 heteroatoms. The molecule has 1 N–H and O–H groups in total. The van der Waals surface area contributed by atoms with Crippen LogP contribution in [-0.4, -0.2) is 20.2 Å². The summed E-state index contributed by atoms with van der Waals surface area (Å²) >= 11 is 0. The Morgan fingerprint density at radius 2 is 1.95 bits per heavy atom. The van der Waals surface area contributed by atoms with E-state index in [-0.39, 0.29) is 0 Å². The van der Waals surface area contributed by atoms with Crippen LogP contribution in [0.4, 0.5) is 0 Å². The molecule has 0 saturated heterocycles. The van der Waals surface area contributed by atoms with Gasteiger partial charge in [-0.1, -0.05) is 45.4 Å². The van der Waals surface area contributed by atoms with E-state index in [0.29, 0.717) is 5.92 Å². The van der Waals surface area contributed by atoms with Crippen molar-refractivity contribution < 1.29 is 4.74 Å². The van der Waals surface area contributed by atoms with Crippen LogP contribution >= 0.6 is 0 Å². The number of hydrogen-bond donors (Lipinski definition) is 1. The molecule has 2 atom stereocenters. The zero-order valence-electron chi connectivity index (χ0n) is 12.9. The molecule has 1 aromatic rings. The number of hydrogen-bond acceptors (Lipinski definition) is 2. The van der Waals surface area contributed by atoms with Gasteiger partial charge in [-0.05, 0) is 49.4 Å². The van der Waals surface area contributed by atoms with Crippen molar-refractivity contribution in [2.75, 3.05) is 20.2 Å². The van der Waals surface area contributed by atoms with Gasteiger partial charge in [-0.3, -0.25) is 0 Å². The van der Waals surface area contributed by atoms with E-state index in [1.165, 1.54) is 18.4 Å². The van der Waals surface area contributed by atoms with E-state index in [1.54, 1.807) is 7.11 Å². The zero-order chi connectivity index (χ0) is 14.1. The fourth-order valence-electron chi connectivity index (χ4n) is 2.43. The lowest BCUT2D eigenvalue weighted by molar-refractivity contribution is 0.324. The van der Waals surface area contributed by atoms with Crippen LogP contribution in [0.3, 0.4) is 0 Å². The summed E-state index contributed by atoms with van der Waals surface area (Å²) in [6, 6.07) is 8.39. The average molecular weight is 263 g/mol. The molecule has 0 aromatic heterocycles. The quantitative estimate of drug-likeness (QED) is 0.682. The molecule has 0 spiro atoms. The SMILES string of the molecule is CCCNCC(Cc1ccccc1OC)C(C)CC. The highest BCUT2D eigenvalue weighted by Gasteiger charge is 2.17. The summed E-state index contributed by atoms with van der Waals surface area (Å²) in [5, 5.41) is 3.57. The van der Waals surface area contributed by atoms with E-state index >= 15 is 0 Å². The van der Waals surface area contributed by atoms with Crippen molar-refractivity contribution >= 4 is 0 Å². The van der Waals surface area contributed by atoms with Crippen LogP contribution in [0.25, 0.3) is 0 Å². The maximum absolute atomic E-state index is 5.46. The van der Waals surface area contributed by atoms with Crippen molar-refractivity contribution in [2.45, 2.75) is 40.0 Å². The second-order valence-electron chi connectivity index (χ2n) is 5.37. The Balaban J connectivity index is 2.69. The normalized spacial score (nSPS) is 14.1. The molecule has 0 saturated carbocycles. The third-order valence-corrected chi connectivity index (χ3v) is 3.96. The summed E-state index contributed by atoms with van der Waals surface area (Å²) in [6.07, 6.45) is 3.52. The van der Waals surface area contributed by atoms with Gasteiger partial charge < -0.3 is 10.1 Å². The number of benzene rings is 1. The van der Waals surface area contributed by atoms with Gasteiger partial charge in [-0.25, -0.2) is 0 Å². The van der Waals surface area contributed by atoms with Crippen LogP contribution in [0.1, 0.15) is 39.2 Å². The summed E-state index contributed by atoms with van der Waals surface area (Å²) in [7, 11) is 1.76. The summed E-state index contributed by atoms with van der Waals surface area (Å²) in [5.41, 5.74) is 1.33. The fraction of sp³-hybridized carbons (Fsp3) is 0.647. The predicted molar refractivity (Wildman–Crippen MR) is 82.8 cm³/mol. The van der Waals surface area contributed by atoms with Crippen LogP contribution < -0.4 is 10.1 Å². The molecule has 0 aliphatic rings. The fourth-order valence-corrected chi connectivity index (χ4v) is 2.43. The van der Waals surface area contributed by atoms with Crippen LogP contribution in [0, 0.1) is 11.8 Å². The molecule has 0 bridgehead atoms. The van der Waals surface area contributed by atoms with Gasteiger partial charge in [0.25, 0.3) is 0 Å². The van der Waals surface area contributed by atoms with Gasteiger partial charge in [0.15, 0.2) is 0 Å². The lowest BCUT2D eigenvalue weighted by Gasteiger charge is -2.24. The molecular formula is C17H29NO. The Morgan fingerprint density at radius 1 is 1.21 bits per heavy atom. The van der Waals surface area contributed by atoms with E-state index in [0.717, 1.165) is 31.2 Å². The van der Waals surface area contributed by atoms with Crippen LogP contribution in [0.2, 0.25) is 0 Å². The average Bonchev–Trinajstić information content (AvgIpc) is 2.46. The first kappa shape index (κ1) is 16.0. The maximum atomic E-state index is 5.46. The molecule has 2 nitrogen and oxygen atoms in total. The van der Waals surface area contributed by atoms with E-state index < -0.39 is 0 Å². The number of rotatable bonds is 9. The Bertz CT molecular complexity index is 351. The van der Waals surface area contributed by atoms with Gasteiger partial charge in [0.1, 0.15) is 5.75 Å². The second-order valence-corrected chi connectivity index (χ2v) is 5.37. The molecule has 19 heavy (non-hydrogen) atoms. The van der Waals surface area contributed by atoms with Crippen molar-refractivity contribution in [1.29, 1.82) is 0 Å². The van der Waals surface area contributed by atoms with Gasteiger partial charge >= 0.3 is 0 Å². The summed E-state index contributed by atoms with van der Waals surface area (Å²) in [6.45, 7) is 9.05. The number of ether oxygens (including phenoxy) is 1. The summed E-state index contributed by atoms with van der Waals surface area (Å²) < 4.78 is 5.46. The van der Waals surface area contributed by atoms with Crippen molar-refractivity contribution in [3.63, 3.8) is 0 Å². The number of nitrogens with one attached hydrogen (secondary N) is 1. The van der Waals surface area contributed by atoms with E-state index in [9.17, 15) is 0 Å². The lowest BCUT2D eigenvalue weighted by atomic mass is 9.86. The molecule has 1 rings (SSSR count). The molecule has 0 aliphatic carbocycles. The first-order chi connectivity index (χ1) is 9.22. The highest BCUT2D eigenvalue weighted by atomic mass is 16.5. The molecule has 0 amide bonds. The minimum atomic E-state index is 0.674. The standard InChI is InChI=1S/C17H29NO/c1-5-11-18-13-16(14(3)6-2)12-15-9-7-8-10-17(15)19-4/h7-10,14,16,18H,5-6,11-13H2,1-4H3. The van der Waals surface area contributed by atoms with Crippen molar-refractivity contribution in [2.24, 2.45) is 11.8 Å². The van der Waals surface area contributed by atoms with Crippen molar-refractivity contribution in [3.8, 4) is 5.75 Å². The lowest BCUT2D eigenvalue weighted by Crippen LogP contribution is -2.29. The maximum Gasteiger partial charge on any atom is 0.122 e. The smallest absolute Gasteiger partial charge is 0.122 e. The molecule has 2 unspecified atom stereocenters. The van der Waals surface area contributed by atoms with Gasteiger partial charge in [-0.2, -0.15) is 0 Å².